The second-order valence-corrected chi connectivity index (χ2v) is 3.84. The first-order valence-corrected chi connectivity index (χ1v) is 5.15. The van der Waals surface area contributed by atoms with E-state index in [0.717, 1.165) is 16.7 Å². The Labute approximate surface area is 99.4 Å². The van der Waals surface area contributed by atoms with Crippen molar-refractivity contribution in [1.29, 1.82) is 0 Å². The number of rotatable bonds is 3. The molecular weight excluding hydrogens is 222 g/mol. The van der Waals surface area contributed by atoms with Crippen LogP contribution in [-0.2, 0) is 4.79 Å². The minimum Gasteiger partial charge on any atom is -0.480 e. The number of nitrogens with one attached hydrogen (secondary N) is 1. The number of hydrogen-bond donors (Lipinski definition) is 2. The van der Waals surface area contributed by atoms with Crippen LogP contribution in [0.2, 0.25) is 0 Å². The standard InChI is InChI=1S/C12H15NO4/c1-7-4-9(3)10(5-8(7)2)17-12(16)13-6-11(14)15/h4-5H,6H2,1-3H3,(H,13,16)(H,14,15). The van der Waals surface area contributed by atoms with Crippen LogP contribution in [0.4, 0.5) is 4.79 Å². The van der Waals surface area contributed by atoms with E-state index in [4.69, 9.17) is 9.84 Å². The molecule has 5 nitrogen and oxygen atoms in total. The summed E-state index contributed by atoms with van der Waals surface area (Å²) in [4.78, 5) is 21.5. The Kier molecular flexibility index (Phi) is 4.09. The summed E-state index contributed by atoms with van der Waals surface area (Å²) in [6.07, 6.45) is -0.765. The maximum atomic E-state index is 11.3. The molecule has 0 saturated carbocycles. The predicted octanol–water partition coefficient (Wildman–Crippen LogP) is 1.78. The van der Waals surface area contributed by atoms with Crippen LogP contribution in [0.15, 0.2) is 12.1 Å². The highest BCUT2D eigenvalue weighted by Crippen LogP contribution is 2.22. The molecule has 0 aliphatic rings. The zero-order valence-corrected chi connectivity index (χ0v) is 10.0. The highest BCUT2D eigenvalue weighted by molar-refractivity contribution is 5.77. The van der Waals surface area contributed by atoms with E-state index in [1.165, 1.54) is 0 Å². The molecule has 1 amide bonds. The fraction of sp³-hybridized carbons (Fsp3) is 0.333. The Bertz CT molecular complexity index is 454. The lowest BCUT2D eigenvalue weighted by Crippen LogP contribution is -2.31. The van der Waals surface area contributed by atoms with E-state index in [-0.39, 0.29) is 0 Å². The summed E-state index contributed by atoms with van der Waals surface area (Å²) in [6.45, 7) is 5.25. The van der Waals surface area contributed by atoms with Crippen LogP contribution in [0.3, 0.4) is 0 Å². The first-order valence-electron chi connectivity index (χ1n) is 5.15. The van der Waals surface area contributed by atoms with E-state index >= 15 is 0 Å². The topological polar surface area (TPSA) is 75.6 Å². The fourth-order valence-corrected chi connectivity index (χ4v) is 1.33. The summed E-state index contributed by atoms with van der Waals surface area (Å²) in [5, 5.41) is 10.5. The van der Waals surface area contributed by atoms with Gasteiger partial charge in [-0.2, -0.15) is 0 Å². The van der Waals surface area contributed by atoms with Gasteiger partial charge in [0.15, 0.2) is 0 Å². The third-order valence-corrected chi connectivity index (χ3v) is 2.38. The summed E-state index contributed by atoms with van der Waals surface area (Å²) >= 11 is 0. The Morgan fingerprint density at radius 2 is 1.76 bits per heavy atom. The van der Waals surface area contributed by atoms with E-state index in [1.54, 1.807) is 6.07 Å². The number of hydrogen-bond acceptors (Lipinski definition) is 3. The molecule has 0 aromatic heterocycles. The van der Waals surface area contributed by atoms with Crippen molar-refractivity contribution in [3.63, 3.8) is 0 Å². The molecule has 5 heteroatoms. The number of carbonyl (C=O) groups is 2. The predicted molar refractivity (Wildman–Crippen MR) is 62.3 cm³/mol. The smallest absolute Gasteiger partial charge is 0.413 e. The second-order valence-electron chi connectivity index (χ2n) is 3.84. The lowest BCUT2D eigenvalue weighted by molar-refractivity contribution is -0.135. The molecule has 1 aromatic rings. The molecule has 1 rings (SSSR count). The zero-order chi connectivity index (χ0) is 13.0. The molecule has 0 atom stereocenters. The Morgan fingerprint density at radius 3 is 2.35 bits per heavy atom. The van der Waals surface area contributed by atoms with Crippen molar-refractivity contribution in [2.75, 3.05) is 6.54 Å². The molecule has 2 N–H and O–H groups in total. The minimum atomic E-state index is -1.11. The SMILES string of the molecule is Cc1cc(C)c(OC(=O)NCC(=O)O)cc1C. The van der Waals surface area contributed by atoms with Crippen molar-refractivity contribution < 1.29 is 19.4 Å². The number of carboxylic acids is 1. The minimum absolute atomic E-state index is 0.441. The van der Waals surface area contributed by atoms with Gasteiger partial charge >= 0.3 is 12.1 Å². The van der Waals surface area contributed by atoms with Gasteiger partial charge in [-0.25, -0.2) is 4.79 Å². The van der Waals surface area contributed by atoms with Crippen LogP contribution >= 0.6 is 0 Å². The normalized spacial score (nSPS) is 9.82. The summed E-state index contributed by atoms with van der Waals surface area (Å²) in [6, 6.07) is 3.67. The first-order chi connectivity index (χ1) is 7.90. The van der Waals surface area contributed by atoms with Crippen LogP contribution in [0.25, 0.3) is 0 Å². The largest absolute Gasteiger partial charge is 0.480 e. The molecule has 1 aromatic carbocycles. The van der Waals surface area contributed by atoms with Gasteiger partial charge in [-0.3, -0.25) is 4.79 Å². The van der Waals surface area contributed by atoms with Crippen molar-refractivity contribution in [2.45, 2.75) is 20.8 Å². The lowest BCUT2D eigenvalue weighted by atomic mass is 10.1. The molecule has 0 spiro atoms. The quantitative estimate of drug-likeness (QED) is 0.840. The van der Waals surface area contributed by atoms with Gasteiger partial charge in [0, 0.05) is 0 Å². The van der Waals surface area contributed by atoms with E-state index in [1.807, 2.05) is 26.8 Å². The number of ether oxygens (including phenoxy) is 1. The zero-order valence-electron chi connectivity index (χ0n) is 10.0. The van der Waals surface area contributed by atoms with E-state index in [9.17, 15) is 9.59 Å². The maximum Gasteiger partial charge on any atom is 0.413 e. The summed E-state index contributed by atoms with van der Waals surface area (Å²) < 4.78 is 5.02. The second kappa shape index (κ2) is 5.34. The Hall–Kier alpha value is -2.04. The van der Waals surface area contributed by atoms with Gasteiger partial charge < -0.3 is 15.2 Å². The number of amides is 1. The Morgan fingerprint density at radius 1 is 1.18 bits per heavy atom. The van der Waals surface area contributed by atoms with Gasteiger partial charge in [-0.1, -0.05) is 6.07 Å². The van der Waals surface area contributed by atoms with E-state index in [0.29, 0.717) is 5.75 Å². The van der Waals surface area contributed by atoms with Crippen LogP contribution in [0, 0.1) is 20.8 Å². The summed E-state index contributed by atoms with van der Waals surface area (Å²) in [5.41, 5.74) is 2.95. The molecule has 0 radical (unpaired) electrons. The van der Waals surface area contributed by atoms with Crippen molar-refractivity contribution >= 4 is 12.1 Å². The van der Waals surface area contributed by atoms with Gasteiger partial charge in [0.05, 0.1) is 0 Å². The molecule has 0 saturated heterocycles. The average Bonchev–Trinajstić information content (AvgIpc) is 2.23. The highest BCUT2D eigenvalue weighted by atomic mass is 16.6. The van der Waals surface area contributed by atoms with Gasteiger partial charge in [-0.05, 0) is 43.5 Å². The third kappa shape index (κ3) is 3.79. The Balaban J connectivity index is 2.71. The highest BCUT2D eigenvalue weighted by Gasteiger charge is 2.09. The van der Waals surface area contributed by atoms with Crippen LogP contribution in [0.5, 0.6) is 5.75 Å². The number of carboxylic acid groups (broad SMARTS) is 1. The lowest BCUT2D eigenvalue weighted by Gasteiger charge is -2.10. The number of benzene rings is 1. The summed E-state index contributed by atoms with van der Waals surface area (Å²) in [5.74, 6) is -0.672. The van der Waals surface area contributed by atoms with Gasteiger partial charge in [0.2, 0.25) is 0 Å². The first kappa shape index (κ1) is 13.0. The molecule has 0 unspecified atom stereocenters. The van der Waals surface area contributed by atoms with Gasteiger partial charge in [0.25, 0.3) is 0 Å². The van der Waals surface area contributed by atoms with E-state index < -0.39 is 18.6 Å². The monoisotopic (exact) mass is 237 g/mol. The van der Waals surface area contributed by atoms with E-state index in [2.05, 4.69) is 5.32 Å². The van der Waals surface area contributed by atoms with Crippen molar-refractivity contribution in [2.24, 2.45) is 0 Å². The fourth-order valence-electron chi connectivity index (χ4n) is 1.33. The van der Waals surface area contributed by atoms with Crippen molar-refractivity contribution in [3.05, 3.63) is 28.8 Å². The number of carbonyl (C=O) groups excluding carboxylic acids is 1. The molecule has 0 fully saturated rings. The maximum absolute atomic E-state index is 11.3. The van der Waals surface area contributed by atoms with Gasteiger partial charge in [0.1, 0.15) is 12.3 Å². The molecule has 17 heavy (non-hydrogen) atoms. The van der Waals surface area contributed by atoms with Crippen LogP contribution in [0.1, 0.15) is 16.7 Å². The molecule has 0 heterocycles. The average molecular weight is 237 g/mol. The van der Waals surface area contributed by atoms with Crippen molar-refractivity contribution in [3.8, 4) is 5.75 Å². The molecule has 0 aliphatic carbocycles. The van der Waals surface area contributed by atoms with Crippen LogP contribution in [-0.4, -0.2) is 23.7 Å². The summed E-state index contributed by atoms with van der Waals surface area (Å²) in [7, 11) is 0. The van der Waals surface area contributed by atoms with Crippen LogP contribution < -0.4 is 10.1 Å². The number of aryl methyl sites for hydroxylation is 3. The molecule has 0 aliphatic heterocycles. The molecular formula is C12H15NO4. The van der Waals surface area contributed by atoms with Crippen molar-refractivity contribution in [1.82, 2.24) is 5.32 Å². The molecule has 92 valence electrons. The third-order valence-electron chi connectivity index (χ3n) is 2.38. The van der Waals surface area contributed by atoms with Gasteiger partial charge in [-0.15, -0.1) is 0 Å². The number of aliphatic carboxylic acids is 1. The molecule has 0 bridgehead atoms.